The zero-order valence-electron chi connectivity index (χ0n) is 22.6. The number of carboxylic acid groups (broad SMARTS) is 1. The molecule has 1 unspecified atom stereocenters. The van der Waals surface area contributed by atoms with E-state index in [2.05, 4.69) is 33.9 Å². The van der Waals surface area contributed by atoms with Crippen molar-refractivity contribution in [2.75, 3.05) is 20.8 Å². The fourth-order valence-corrected chi connectivity index (χ4v) is 5.96. The van der Waals surface area contributed by atoms with Gasteiger partial charge in [-0.25, -0.2) is 0 Å². The number of ether oxygens (including phenoxy) is 2. The average Bonchev–Trinajstić information content (AvgIpc) is 2.80. The molecule has 0 bridgehead atoms. The van der Waals surface area contributed by atoms with Crippen LogP contribution in [0.4, 0.5) is 0 Å². The summed E-state index contributed by atoms with van der Waals surface area (Å²) in [4.78, 5) is 13.8. The van der Waals surface area contributed by atoms with Gasteiger partial charge in [-0.1, -0.05) is 57.4 Å². The molecule has 0 aliphatic rings. The van der Waals surface area contributed by atoms with Crippen molar-refractivity contribution in [3.05, 3.63) is 53.6 Å². The molecule has 0 heterocycles. The van der Waals surface area contributed by atoms with Crippen LogP contribution in [0.15, 0.2) is 47.4 Å². The summed E-state index contributed by atoms with van der Waals surface area (Å²) in [5.41, 5.74) is 1.84. The summed E-state index contributed by atoms with van der Waals surface area (Å²) >= 11 is 1.39. The number of aryl methyl sites for hydroxylation is 1. The van der Waals surface area contributed by atoms with E-state index in [-0.39, 0.29) is 5.04 Å². The molecule has 0 amide bonds. The molecule has 1 N–H and O–H groups in total. The highest BCUT2D eigenvalue weighted by Crippen LogP contribution is 2.47. The molecule has 194 valence electrons. The number of aliphatic carboxylic acids is 1. The van der Waals surface area contributed by atoms with Gasteiger partial charge in [-0.15, -0.1) is 11.8 Å². The van der Waals surface area contributed by atoms with Crippen LogP contribution in [-0.4, -0.2) is 40.2 Å². The van der Waals surface area contributed by atoms with Crippen LogP contribution in [0.1, 0.15) is 57.6 Å². The van der Waals surface area contributed by atoms with E-state index in [0.29, 0.717) is 23.5 Å². The van der Waals surface area contributed by atoms with Crippen molar-refractivity contribution in [1.82, 2.24) is 0 Å². The number of thioether (sulfide) groups is 1. The zero-order valence-corrected chi connectivity index (χ0v) is 24.4. The Bertz CT molecular complexity index is 968. The van der Waals surface area contributed by atoms with Gasteiger partial charge in [-0.2, -0.15) is 0 Å². The van der Waals surface area contributed by atoms with Gasteiger partial charge in [-0.3, -0.25) is 4.79 Å². The van der Waals surface area contributed by atoms with E-state index in [1.807, 2.05) is 37.3 Å². The molecule has 35 heavy (non-hydrogen) atoms. The molecule has 2 rings (SSSR count). The molecule has 0 saturated carbocycles. The van der Waals surface area contributed by atoms with Crippen LogP contribution in [-0.2, 0) is 14.0 Å². The molecule has 0 aliphatic carbocycles. The van der Waals surface area contributed by atoms with E-state index in [0.717, 1.165) is 36.3 Å². The summed E-state index contributed by atoms with van der Waals surface area (Å²) in [7, 11) is 1.38. The predicted molar refractivity (Wildman–Crippen MR) is 148 cm³/mol. The van der Waals surface area contributed by atoms with Crippen LogP contribution in [0.2, 0.25) is 18.1 Å². The highest BCUT2D eigenvalue weighted by atomic mass is 32.2. The summed E-state index contributed by atoms with van der Waals surface area (Å²) in [5, 5.41) is 10.8. The molecule has 0 aliphatic heterocycles. The molecule has 0 spiro atoms. The molecule has 0 radical (unpaired) electrons. The molecule has 2 aromatic carbocycles. The van der Waals surface area contributed by atoms with E-state index < -0.39 is 19.0 Å². The Hall–Kier alpha value is -1.96. The van der Waals surface area contributed by atoms with Gasteiger partial charge in [0.1, 0.15) is 4.75 Å². The van der Waals surface area contributed by atoms with Gasteiger partial charge >= 0.3 is 5.97 Å². The largest absolute Gasteiger partial charge is 0.493 e. The van der Waals surface area contributed by atoms with Crippen LogP contribution in [0, 0.1) is 6.92 Å². The van der Waals surface area contributed by atoms with E-state index in [1.54, 1.807) is 26.4 Å². The van der Waals surface area contributed by atoms with Crippen LogP contribution < -0.4 is 9.47 Å². The fraction of sp³-hybridized carbons (Fsp3) is 0.536. The SMILES string of the molecule is COc1ccc(C(CCCCCO[Si](C)(C)C(C)(C)C)(Sc2ccc(C)cc2)C(=O)O)cc1OC. The first kappa shape index (κ1) is 29.3. The number of carbonyl (C=O) groups is 1. The second-order valence-electron chi connectivity index (χ2n) is 10.5. The third kappa shape index (κ3) is 7.51. The molecule has 1 atom stereocenters. The molecule has 5 nitrogen and oxygen atoms in total. The maximum Gasteiger partial charge on any atom is 0.324 e. The second kappa shape index (κ2) is 12.3. The summed E-state index contributed by atoms with van der Waals surface area (Å²) < 4.78 is 16.0. The Morgan fingerprint density at radius 3 is 2.11 bits per heavy atom. The van der Waals surface area contributed by atoms with Crippen molar-refractivity contribution >= 4 is 26.0 Å². The molecular formula is C28H42O5SSi. The first-order chi connectivity index (χ1) is 16.4. The van der Waals surface area contributed by atoms with Crippen LogP contribution in [0.5, 0.6) is 11.5 Å². The fourth-order valence-electron chi connectivity index (χ4n) is 3.62. The average molecular weight is 519 g/mol. The molecule has 7 heteroatoms. The summed E-state index contributed by atoms with van der Waals surface area (Å²) in [6, 6.07) is 13.4. The number of benzene rings is 2. The van der Waals surface area contributed by atoms with Crippen LogP contribution in [0.25, 0.3) is 0 Å². The van der Waals surface area contributed by atoms with E-state index in [4.69, 9.17) is 13.9 Å². The lowest BCUT2D eigenvalue weighted by Crippen LogP contribution is -2.40. The monoisotopic (exact) mass is 518 g/mol. The van der Waals surface area contributed by atoms with Gasteiger partial charge in [0.05, 0.1) is 14.2 Å². The maximum atomic E-state index is 12.9. The Labute approximate surface area is 216 Å². The molecule has 0 aromatic heterocycles. The van der Waals surface area contributed by atoms with E-state index >= 15 is 0 Å². The number of hydrogen-bond acceptors (Lipinski definition) is 5. The second-order valence-corrected chi connectivity index (χ2v) is 16.7. The minimum Gasteiger partial charge on any atom is -0.493 e. The molecular weight excluding hydrogens is 476 g/mol. The van der Waals surface area contributed by atoms with Gasteiger partial charge < -0.3 is 19.0 Å². The van der Waals surface area contributed by atoms with Crippen LogP contribution >= 0.6 is 11.8 Å². The van der Waals surface area contributed by atoms with Crippen molar-refractivity contribution in [1.29, 1.82) is 0 Å². The lowest BCUT2D eigenvalue weighted by atomic mass is 9.91. The maximum absolute atomic E-state index is 12.9. The Balaban J connectivity index is 2.24. The molecule has 0 fully saturated rings. The van der Waals surface area contributed by atoms with Gasteiger partial charge in [0, 0.05) is 11.5 Å². The van der Waals surface area contributed by atoms with Crippen molar-refractivity contribution in [2.24, 2.45) is 0 Å². The number of rotatable bonds is 13. The van der Waals surface area contributed by atoms with E-state index in [9.17, 15) is 9.90 Å². The van der Waals surface area contributed by atoms with Gasteiger partial charge in [-0.05, 0) is 67.7 Å². The van der Waals surface area contributed by atoms with Crippen molar-refractivity contribution in [3.63, 3.8) is 0 Å². The van der Waals surface area contributed by atoms with Crippen molar-refractivity contribution < 1.29 is 23.8 Å². The highest BCUT2D eigenvalue weighted by molar-refractivity contribution is 8.01. The lowest BCUT2D eigenvalue weighted by Gasteiger charge is -2.36. The van der Waals surface area contributed by atoms with Crippen molar-refractivity contribution in [2.45, 2.75) is 81.2 Å². The Morgan fingerprint density at radius 2 is 1.57 bits per heavy atom. The summed E-state index contributed by atoms with van der Waals surface area (Å²) in [6.45, 7) is 14.0. The lowest BCUT2D eigenvalue weighted by molar-refractivity contribution is -0.140. The number of carboxylic acids is 1. The van der Waals surface area contributed by atoms with E-state index in [1.165, 1.54) is 11.8 Å². The van der Waals surface area contributed by atoms with Crippen LogP contribution in [0.3, 0.4) is 0 Å². The van der Waals surface area contributed by atoms with Gasteiger partial charge in [0.25, 0.3) is 0 Å². The number of unbranched alkanes of at least 4 members (excludes halogenated alkanes) is 2. The molecule has 0 saturated heterocycles. The Morgan fingerprint density at radius 1 is 0.943 bits per heavy atom. The quantitative estimate of drug-likeness (QED) is 0.167. The smallest absolute Gasteiger partial charge is 0.324 e. The minimum atomic E-state index is -1.77. The highest BCUT2D eigenvalue weighted by Gasteiger charge is 2.42. The predicted octanol–water partition coefficient (Wildman–Crippen LogP) is 7.67. The molecule has 2 aromatic rings. The minimum absolute atomic E-state index is 0.184. The number of hydrogen-bond donors (Lipinski definition) is 1. The van der Waals surface area contributed by atoms with Gasteiger partial charge in [0.15, 0.2) is 19.8 Å². The number of methoxy groups -OCH3 is 2. The van der Waals surface area contributed by atoms with Crippen molar-refractivity contribution in [3.8, 4) is 11.5 Å². The standard InChI is InChI=1S/C28H42O5SSi/c1-21-12-15-23(16-13-21)34-28(26(29)30,22-14-17-24(31-5)25(20-22)32-6)18-10-9-11-19-33-35(7,8)27(2,3)4/h12-17,20H,9-11,18-19H2,1-8H3,(H,29,30). The zero-order chi connectivity index (χ0) is 26.3. The first-order valence-corrected chi connectivity index (χ1v) is 15.9. The third-order valence-corrected chi connectivity index (χ3v) is 13.0. The third-order valence-electron chi connectivity index (χ3n) is 6.95. The normalized spacial score (nSPS) is 13.8. The Kier molecular flexibility index (Phi) is 10.3. The summed E-state index contributed by atoms with van der Waals surface area (Å²) in [5.74, 6) is 0.259. The topological polar surface area (TPSA) is 65.0 Å². The summed E-state index contributed by atoms with van der Waals surface area (Å²) in [6.07, 6.45) is 3.10. The van der Waals surface area contributed by atoms with Gasteiger partial charge in [0.2, 0.25) is 0 Å². The first-order valence-electron chi connectivity index (χ1n) is 12.2.